The maximum Gasteiger partial charge on any atom is 0.184 e. The van der Waals surface area contributed by atoms with Crippen LogP contribution in [-0.2, 0) is 9.22 Å². The highest BCUT2D eigenvalue weighted by molar-refractivity contribution is 6.69. The summed E-state index contributed by atoms with van der Waals surface area (Å²) in [5.74, 6) is 2.37. The summed E-state index contributed by atoms with van der Waals surface area (Å²) in [4.78, 5) is 12.0. The fourth-order valence-electron chi connectivity index (χ4n) is 4.44. The van der Waals surface area contributed by atoms with Crippen molar-refractivity contribution in [1.82, 2.24) is 0 Å². The van der Waals surface area contributed by atoms with E-state index in [0.717, 1.165) is 19.3 Å². The monoisotopic (exact) mass is 296 g/mol. The summed E-state index contributed by atoms with van der Waals surface area (Å²) >= 11 is 0. The topological polar surface area (TPSA) is 26.3 Å². The van der Waals surface area contributed by atoms with Crippen molar-refractivity contribution in [2.24, 2.45) is 23.2 Å². The van der Waals surface area contributed by atoms with E-state index in [1.165, 1.54) is 12.8 Å². The lowest BCUT2D eigenvalue weighted by atomic mass is 9.58. The predicted octanol–water partition coefficient (Wildman–Crippen LogP) is 4.65. The van der Waals surface area contributed by atoms with Crippen LogP contribution in [0.3, 0.4) is 0 Å². The molecule has 4 atom stereocenters. The highest BCUT2D eigenvalue weighted by Crippen LogP contribution is 2.56. The Morgan fingerprint density at radius 3 is 2.35 bits per heavy atom. The first-order valence-corrected chi connectivity index (χ1v) is 11.8. The molecule has 2 rings (SSSR count). The lowest BCUT2D eigenvalue weighted by Gasteiger charge is -2.52. The van der Waals surface area contributed by atoms with E-state index in [1.807, 2.05) is 0 Å². The first kappa shape index (κ1) is 16.2. The second kappa shape index (κ2) is 5.56. The quantitative estimate of drug-likeness (QED) is 0.709. The Morgan fingerprint density at radius 1 is 1.25 bits per heavy atom. The minimum absolute atomic E-state index is 0.143. The van der Waals surface area contributed by atoms with Crippen molar-refractivity contribution < 1.29 is 9.22 Å². The van der Waals surface area contributed by atoms with Gasteiger partial charge in [0.1, 0.15) is 5.78 Å². The summed E-state index contributed by atoms with van der Waals surface area (Å²) in [7, 11) is -1.59. The fraction of sp³-hybridized carbons (Fsp3) is 0.941. The van der Waals surface area contributed by atoms with Crippen LogP contribution in [0.2, 0.25) is 19.6 Å². The Hall–Kier alpha value is -0.153. The highest BCUT2D eigenvalue weighted by Gasteiger charge is 2.55. The predicted molar refractivity (Wildman–Crippen MR) is 86.2 cm³/mol. The lowest BCUT2D eigenvalue weighted by Crippen LogP contribution is -2.53. The molecular formula is C17H32O2Si. The maximum atomic E-state index is 12.0. The van der Waals surface area contributed by atoms with Gasteiger partial charge in [0.05, 0.1) is 6.10 Å². The molecule has 1 spiro atoms. The summed E-state index contributed by atoms with van der Waals surface area (Å²) < 4.78 is 6.70. The van der Waals surface area contributed by atoms with Crippen molar-refractivity contribution >= 4 is 14.1 Å². The van der Waals surface area contributed by atoms with Crippen LogP contribution in [0, 0.1) is 23.2 Å². The van der Waals surface area contributed by atoms with Gasteiger partial charge in [-0.25, -0.2) is 0 Å². The molecule has 2 saturated carbocycles. The molecule has 2 aliphatic carbocycles. The van der Waals surface area contributed by atoms with Crippen LogP contribution >= 0.6 is 0 Å². The summed E-state index contributed by atoms with van der Waals surface area (Å²) in [5, 5.41) is 0. The molecule has 0 radical (unpaired) electrons. The van der Waals surface area contributed by atoms with Gasteiger partial charge >= 0.3 is 0 Å². The Kier molecular flexibility index (Phi) is 4.51. The minimum atomic E-state index is -1.59. The molecule has 0 amide bonds. The van der Waals surface area contributed by atoms with Gasteiger partial charge in [0, 0.05) is 18.3 Å². The Labute approximate surface area is 125 Å². The normalized spacial score (nSPS) is 39.0. The molecular weight excluding hydrogens is 264 g/mol. The van der Waals surface area contributed by atoms with Gasteiger partial charge in [0.15, 0.2) is 8.32 Å². The molecule has 2 aliphatic rings. The van der Waals surface area contributed by atoms with E-state index >= 15 is 0 Å². The summed E-state index contributed by atoms with van der Waals surface area (Å²) in [5.41, 5.74) is 0.143. The fourth-order valence-corrected chi connectivity index (χ4v) is 5.61. The Balaban J connectivity index is 2.35. The van der Waals surface area contributed by atoms with Gasteiger partial charge in [0.2, 0.25) is 0 Å². The van der Waals surface area contributed by atoms with Crippen molar-refractivity contribution in [3.05, 3.63) is 0 Å². The summed E-state index contributed by atoms with van der Waals surface area (Å²) in [6.07, 6.45) is 5.45. The van der Waals surface area contributed by atoms with Crippen LogP contribution in [0.15, 0.2) is 0 Å². The van der Waals surface area contributed by atoms with Crippen LogP contribution in [0.5, 0.6) is 0 Å². The molecule has 20 heavy (non-hydrogen) atoms. The van der Waals surface area contributed by atoms with E-state index in [4.69, 9.17) is 4.43 Å². The van der Waals surface area contributed by atoms with E-state index in [2.05, 4.69) is 40.4 Å². The molecule has 0 bridgehead atoms. The van der Waals surface area contributed by atoms with E-state index in [9.17, 15) is 4.79 Å². The van der Waals surface area contributed by atoms with E-state index < -0.39 is 8.32 Å². The zero-order valence-corrected chi connectivity index (χ0v) is 15.2. The van der Waals surface area contributed by atoms with Gasteiger partial charge in [0.25, 0.3) is 0 Å². The number of hydrogen-bond acceptors (Lipinski definition) is 2. The van der Waals surface area contributed by atoms with E-state index in [0.29, 0.717) is 29.6 Å². The van der Waals surface area contributed by atoms with Gasteiger partial charge < -0.3 is 4.43 Å². The van der Waals surface area contributed by atoms with Crippen molar-refractivity contribution in [1.29, 1.82) is 0 Å². The summed E-state index contributed by atoms with van der Waals surface area (Å²) in [6, 6.07) is 0. The summed E-state index contributed by atoms with van der Waals surface area (Å²) in [6.45, 7) is 13.9. The number of carbonyl (C=O) groups excluding carboxylic acids is 1. The first-order valence-electron chi connectivity index (χ1n) is 8.35. The molecule has 2 fully saturated rings. The van der Waals surface area contributed by atoms with Crippen LogP contribution in [0.1, 0.15) is 52.9 Å². The van der Waals surface area contributed by atoms with Crippen molar-refractivity contribution in [2.75, 3.05) is 0 Å². The van der Waals surface area contributed by atoms with Crippen LogP contribution in [0.4, 0.5) is 0 Å². The average molecular weight is 297 g/mol. The molecule has 0 aliphatic heterocycles. The van der Waals surface area contributed by atoms with Gasteiger partial charge in [-0.3, -0.25) is 4.79 Å². The number of carbonyl (C=O) groups is 1. The van der Waals surface area contributed by atoms with E-state index in [-0.39, 0.29) is 5.41 Å². The molecule has 0 aromatic rings. The molecule has 0 heterocycles. The standard InChI is InChI=1S/C17H32O2Si/c1-12(2)15-8-7-13(3)17(10-9-14(18)11-17)16(15)19-20(4,5)6/h12-13,15-16H,7-11H2,1-6H3/t13-,15+,16+,17-/m1/s1. The molecule has 0 aromatic carbocycles. The molecule has 0 unspecified atom stereocenters. The van der Waals surface area contributed by atoms with Crippen molar-refractivity contribution in [2.45, 2.75) is 78.6 Å². The molecule has 0 saturated heterocycles. The molecule has 2 nitrogen and oxygen atoms in total. The first-order chi connectivity index (χ1) is 9.16. The molecule has 3 heteroatoms. The van der Waals surface area contributed by atoms with Crippen LogP contribution in [0.25, 0.3) is 0 Å². The minimum Gasteiger partial charge on any atom is -0.414 e. The number of hydrogen-bond donors (Lipinski definition) is 0. The highest BCUT2D eigenvalue weighted by atomic mass is 28.4. The number of Topliss-reactive ketones (excluding diaryl/α,β-unsaturated/α-hetero) is 1. The largest absolute Gasteiger partial charge is 0.414 e. The third-order valence-corrected chi connectivity index (χ3v) is 6.56. The number of ketones is 1. The van der Waals surface area contributed by atoms with Gasteiger partial charge in [-0.05, 0) is 56.7 Å². The second-order valence-corrected chi connectivity index (χ2v) is 12.9. The number of rotatable bonds is 3. The van der Waals surface area contributed by atoms with Gasteiger partial charge in [-0.1, -0.05) is 20.8 Å². The van der Waals surface area contributed by atoms with Gasteiger partial charge in [-0.2, -0.15) is 0 Å². The molecule has 0 aromatic heterocycles. The van der Waals surface area contributed by atoms with Crippen molar-refractivity contribution in [3.8, 4) is 0 Å². The Morgan fingerprint density at radius 2 is 1.90 bits per heavy atom. The SMILES string of the molecule is CC(C)[C@@H]1CC[C@@H](C)[C@]2(CCC(=O)C2)[C@H]1O[Si](C)(C)C. The Bertz CT molecular complexity index is 372. The third-order valence-electron chi connectivity index (χ3n) is 5.60. The van der Waals surface area contributed by atoms with Crippen LogP contribution < -0.4 is 0 Å². The van der Waals surface area contributed by atoms with Gasteiger partial charge in [-0.15, -0.1) is 0 Å². The smallest absolute Gasteiger partial charge is 0.184 e. The molecule has 116 valence electrons. The van der Waals surface area contributed by atoms with Crippen molar-refractivity contribution in [3.63, 3.8) is 0 Å². The zero-order valence-electron chi connectivity index (χ0n) is 14.2. The second-order valence-electron chi connectivity index (χ2n) is 8.49. The van der Waals surface area contributed by atoms with Crippen LogP contribution in [-0.4, -0.2) is 20.2 Å². The van der Waals surface area contributed by atoms with E-state index in [1.54, 1.807) is 0 Å². The molecule has 0 N–H and O–H groups in total. The zero-order chi connectivity index (χ0) is 15.1. The lowest BCUT2D eigenvalue weighted by molar-refractivity contribution is -0.122. The average Bonchev–Trinajstić information content (AvgIpc) is 2.67. The maximum absolute atomic E-state index is 12.0. The third kappa shape index (κ3) is 3.04.